The zero-order chi connectivity index (χ0) is 33.8. The minimum atomic E-state index is -0.745. The second-order valence-electron chi connectivity index (χ2n) is 10.7. The first-order chi connectivity index (χ1) is 23.3. The summed E-state index contributed by atoms with van der Waals surface area (Å²) in [6, 6.07) is 27.9. The van der Waals surface area contributed by atoms with Gasteiger partial charge in [-0.2, -0.15) is 0 Å². The number of hydrogen-bond acceptors (Lipinski definition) is 8. The van der Waals surface area contributed by atoms with Crippen LogP contribution >= 0.6 is 57.3 Å². The number of ether oxygens (including phenoxy) is 3. The lowest BCUT2D eigenvalue weighted by Gasteiger charge is -2.26. The van der Waals surface area contributed by atoms with Crippen molar-refractivity contribution >= 4 is 75.0 Å². The molecule has 0 bridgehead atoms. The normalized spacial score (nSPS) is 14.4. The Kier molecular flexibility index (Phi) is 10.7. The van der Waals surface area contributed by atoms with Gasteiger partial charge in [0.15, 0.2) is 16.3 Å². The van der Waals surface area contributed by atoms with Gasteiger partial charge in [0.2, 0.25) is 0 Å². The van der Waals surface area contributed by atoms with Crippen molar-refractivity contribution < 1.29 is 19.0 Å². The van der Waals surface area contributed by atoms with Crippen LogP contribution in [-0.4, -0.2) is 30.5 Å². The average Bonchev–Trinajstić information content (AvgIpc) is 3.41. The second kappa shape index (κ2) is 15.1. The quantitative estimate of drug-likeness (QED) is 0.0827. The highest BCUT2D eigenvalue weighted by Gasteiger charge is 2.35. The van der Waals surface area contributed by atoms with E-state index in [-0.39, 0.29) is 12.2 Å². The zero-order valence-corrected chi connectivity index (χ0v) is 30.8. The number of hydrogen-bond donors (Lipinski definition) is 0. The summed E-state index contributed by atoms with van der Waals surface area (Å²) in [5.74, 6) is 0.614. The van der Waals surface area contributed by atoms with E-state index in [0.717, 1.165) is 30.7 Å². The van der Waals surface area contributed by atoms with Crippen LogP contribution < -0.4 is 24.4 Å². The molecule has 11 heteroatoms. The highest BCUT2D eigenvalue weighted by Crippen LogP contribution is 2.37. The molecule has 7 nitrogen and oxygen atoms in total. The third-order valence-electron chi connectivity index (χ3n) is 7.63. The molecule has 0 amide bonds. The lowest BCUT2D eigenvalue weighted by atomic mass is 9.93. The number of benzene rings is 4. The van der Waals surface area contributed by atoms with Gasteiger partial charge in [0, 0.05) is 15.5 Å². The molecular weight excluding hydrogens is 779 g/mol. The molecule has 6 rings (SSSR count). The number of fused-ring (bicyclic) bond motifs is 1. The number of esters is 1. The van der Waals surface area contributed by atoms with Crippen molar-refractivity contribution in [2.45, 2.75) is 24.5 Å². The lowest BCUT2D eigenvalue weighted by Crippen LogP contribution is -2.40. The average molecular weight is 809 g/mol. The minimum Gasteiger partial charge on any atom is -0.493 e. The lowest BCUT2D eigenvalue weighted by molar-refractivity contribution is -0.138. The van der Waals surface area contributed by atoms with E-state index in [1.807, 2.05) is 103 Å². The van der Waals surface area contributed by atoms with Crippen LogP contribution in [0.3, 0.4) is 0 Å². The summed E-state index contributed by atoms with van der Waals surface area (Å²) < 4.78 is 20.3. The number of halogens is 2. The van der Waals surface area contributed by atoms with Gasteiger partial charge in [-0.3, -0.25) is 9.36 Å². The molecule has 4 aromatic carbocycles. The number of thiazole rings is 1. The number of thioether (sulfide) groups is 1. The molecular formula is C37H30ClIN2O5S2. The van der Waals surface area contributed by atoms with Gasteiger partial charge < -0.3 is 14.2 Å². The highest BCUT2D eigenvalue weighted by molar-refractivity contribution is 14.1. The van der Waals surface area contributed by atoms with Gasteiger partial charge >= 0.3 is 5.97 Å². The molecule has 5 aromatic rings. The molecule has 244 valence electrons. The van der Waals surface area contributed by atoms with Gasteiger partial charge in [-0.15, -0.1) is 11.8 Å². The highest BCUT2D eigenvalue weighted by atomic mass is 127. The zero-order valence-electron chi connectivity index (χ0n) is 26.2. The summed E-state index contributed by atoms with van der Waals surface area (Å²) in [4.78, 5) is 34.5. The van der Waals surface area contributed by atoms with Crippen molar-refractivity contribution in [2.24, 2.45) is 4.99 Å². The van der Waals surface area contributed by atoms with Crippen LogP contribution in [0.4, 0.5) is 0 Å². The second-order valence-corrected chi connectivity index (χ2v) is 14.1. The van der Waals surface area contributed by atoms with Crippen LogP contribution in [0, 0.1) is 3.57 Å². The molecule has 0 saturated heterocycles. The van der Waals surface area contributed by atoms with Gasteiger partial charge in [0.1, 0.15) is 6.61 Å². The monoisotopic (exact) mass is 808 g/mol. The molecule has 0 saturated carbocycles. The molecule has 1 aliphatic rings. The van der Waals surface area contributed by atoms with E-state index in [4.69, 9.17) is 30.8 Å². The van der Waals surface area contributed by atoms with Gasteiger partial charge in [0.25, 0.3) is 5.56 Å². The van der Waals surface area contributed by atoms with Crippen molar-refractivity contribution in [1.29, 1.82) is 0 Å². The van der Waals surface area contributed by atoms with Gasteiger partial charge in [0.05, 0.1) is 39.1 Å². The predicted octanol–water partition coefficient (Wildman–Crippen LogP) is 7.50. The number of aromatic nitrogens is 1. The Labute approximate surface area is 304 Å². The summed E-state index contributed by atoms with van der Waals surface area (Å²) in [6.45, 7) is 2.27. The number of methoxy groups -OCH3 is 1. The maximum absolute atomic E-state index is 14.3. The van der Waals surface area contributed by atoms with E-state index in [1.54, 1.807) is 30.4 Å². The molecule has 0 N–H and O–H groups in total. The molecule has 2 heterocycles. The first-order valence-electron chi connectivity index (χ1n) is 15.0. The number of carbonyl (C=O) groups excluding carboxylic acids is 1. The fourth-order valence-corrected chi connectivity index (χ4v) is 7.84. The fraction of sp³-hybridized carbons (Fsp3) is 0.162. The molecule has 1 aliphatic heterocycles. The molecule has 0 aliphatic carbocycles. The van der Waals surface area contributed by atoms with E-state index in [0.29, 0.717) is 43.7 Å². The van der Waals surface area contributed by atoms with Crippen molar-refractivity contribution in [3.63, 3.8) is 0 Å². The van der Waals surface area contributed by atoms with Crippen molar-refractivity contribution in [1.82, 2.24) is 4.57 Å². The molecule has 1 atom stereocenters. The fourth-order valence-electron chi connectivity index (χ4n) is 5.44. The van der Waals surface area contributed by atoms with E-state index >= 15 is 0 Å². The first kappa shape index (κ1) is 34.0. The Bertz CT molecular complexity index is 2200. The summed E-state index contributed by atoms with van der Waals surface area (Å²) in [5.41, 5.74) is 3.77. The van der Waals surface area contributed by atoms with Crippen LogP contribution in [0.1, 0.15) is 35.2 Å². The van der Waals surface area contributed by atoms with Crippen LogP contribution in [0.2, 0.25) is 5.02 Å². The Hall–Kier alpha value is -3.84. The van der Waals surface area contributed by atoms with Crippen LogP contribution in [0.5, 0.6) is 11.5 Å². The Morgan fingerprint density at radius 2 is 1.83 bits per heavy atom. The topological polar surface area (TPSA) is 79.1 Å². The maximum Gasteiger partial charge on any atom is 0.338 e. The third-order valence-corrected chi connectivity index (χ3v) is 10.4. The minimum absolute atomic E-state index is 0.187. The summed E-state index contributed by atoms with van der Waals surface area (Å²) in [7, 11) is 1.58. The molecule has 0 fully saturated rings. The molecule has 1 aromatic heterocycles. The Morgan fingerprint density at radius 1 is 1.06 bits per heavy atom. The van der Waals surface area contributed by atoms with Gasteiger partial charge in [-0.25, -0.2) is 9.79 Å². The van der Waals surface area contributed by atoms with Crippen molar-refractivity contribution in [3.05, 3.63) is 147 Å². The van der Waals surface area contributed by atoms with Gasteiger partial charge in [-0.1, -0.05) is 77.5 Å². The van der Waals surface area contributed by atoms with E-state index in [2.05, 4.69) is 22.6 Å². The van der Waals surface area contributed by atoms with E-state index < -0.39 is 12.0 Å². The summed E-state index contributed by atoms with van der Waals surface area (Å²) in [5, 5.41) is 0.638. The Balaban J connectivity index is 1.49. The van der Waals surface area contributed by atoms with Crippen molar-refractivity contribution in [2.75, 3.05) is 20.0 Å². The predicted molar refractivity (Wildman–Crippen MR) is 201 cm³/mol. The summed E-state index contributed by atoms with van der Waals surface area (Å²) in [6.07, 6.45) is 3.82. The van der Waals surface area contributed by atoms with E-state index in [9.17, 15) is 9.59 Å². The van der Waals surface area contributed by atoms with Crippen LogP contribution in [0.25, 0.3) is 11.8 Å². The maximum atomic E-state index is 14.3. The molecule has 0 unspecified atom stereocenters. The van der Waals surface area contributed by atoms with E-state index in [1.165, 1.54) is 11.3 Å². The first-order valence-corrected chi connectivity index (χ1v) is 18.5. The van der Waals surface area contributed by atoms with Crippen LogP contribution in [-0.2, 0) is 16.1 Å². The SMILES string of the molecule is CCOC(=O)C1=C(c2ccccc2)N=c2s/c(=C\c3cc(I)c(OCc4cccc(Cl)c4)c(OC)c3)c(=O)n2[C@@H]1c1ccc(SC)cc1. The van der Waals surface area contributed by atoms with Gasteiger partial charge in [-0.05, 0) is 94.9 Å². The number of nitrogens with zero attached hydrogens (tertiary/aromatic N) is 2. The number of carbonyl (C=O) groups is 1. The Morgan fingerprint density at radius 3 is 2.52 bits per heavy atom. The summed E-state index contributed by atoms with van der Waals surface area (Å²) >= 11 is 11.2. The smallest absolute Gasteiger partial charge is 0.338 e. The molecule has 0 radical (unpaired) electrons. The largest absolute Gasteiger partial charge is 0.493 e. The van der Waals surface area contributed by atoms with Crippen molar-refractivity contribution in [3.8, 4) is 11.5 Å². The standard InChI is InChI=1S/C37H30ClIN2O5S2/c1-4-45-36(43)31-32(24-10-6-5-7-11-24)40-37-41(33(31)25-13-15-27(47-3)16-14-25)35(42)30(48-37)20-23-18-28(39)34(29(19-23)44-2)46-21-22-9-8-12-26(38)17-22/h5-20,33H,4,21H2,1-3H3/b30-20-/t33-/m1/s1. The third kappa shape index (κ3) is 7.12. The molecule has 0 spiro atoms. The number of rotatable bonds is 10. The van der Waals surface area contributed by atoms with Crippen LogP contribution in [0.15, 0.2) is 111 Å². The molecule has 48 heavy (non-hydrogen) atoms.